The standard InChI is InChI=1S/C21H36N2O3/c1-4-26-7-5-6-22-19(24)18(14(2)3)23-20(25)21-11-15-8-16(12-21)10-17(9-15)13-21/h14-18H,4-13H2,1-3H3,(H,22,24)(H,23,25)/t15?,16?,17?,18-,21?/m1/s1. The van der Waals surface area contributed by atoms with Gasteiger partial charge in [-0.05, 0) is 75.5 Å². The molecule has 26 heavy (non-hydrogen) atoms. The number of carbonyl (C=O) groups is 2. The highest BCUT2D eigenvalue weighted by atomic mass is 16.5. The molecule has 148 valence electrons. The van der Waals surface area contributed by atoms with Crippen molar-refractivity contribution >= 4 is 11.8 Å². The maximum Gasteiger partial charge on any atom is 0.242 e. The van der Waals surface area contributed by atoms with Gasteiger partial charge in [-0.25, -0.2) is 0 Å². The summed E-state index contributed by atoms with van der Waals surface area (Å²) in [6.07, 6.45) is 7.86. The summed E-state index contributed by atoms with van der Waals surface area (Å²) in [6.45, 7) is 7.92. The highest BCUT2D eigenvalue weighted by Crippen LogP contribution is 2.60. The largest absolute Gasteiger partial charge is 0.382 e. The van der Waals surface area contributed by atoms with E-state index in [2.05, 4.69) is 10.6 Å². The van der Waals surface area contributed by atoms with Crippen LogP contribution >= 0.6 is 0 Å². The van der Waals surface area contributed by atoms with Crippen LogP contribution in [0.3, 0.4) is 0 Å². The lowest BCUT2D eigenvalue weighted by Crippen LogP contribution is -2.58. The minimum Gasteiger partial charge on any atom is -0.382 e. The summed E-state index contributed by atoms with van der Waals surface area (Å²) in [4.78, 5) is 25.8. The zero-order chi connectivity index (χ0) is 18.7. The molecule has 4 aliphatic rings. The minimum atomic E-state index is -0.442. The van der Waals surface area contributed by atoms with E-state index in [4.69, 9.17) is 4.74 Å². The zero-order valence-electron chi connectivity index (χ0n) is 16.7. The van der Waals surface area contributed by atoms with Gasteiger partial charge in [0.1, 0.15) is 6.04 Å². The van der Waals surface area contributed by atoms with Gasteiger partial charge in [0, 0.05) is 25.2 Å². The van der Waals surface area contributed by atoms with E-state index in [1.165, 1.54) is 19.3 Å². The third-order valence-electron chi connectivity index (χ3n) is 6.72. The lowest BCUT2D eigenvalue weighted by atomic mass is 9.49. The van der Waals surface area contributed by atoms with Gasteiger partial charge in [0.15, 0.2) is 0 Å². The molecule has 4 fully saturated rings. The fraction of sp³-hybridized carbons (Fsp3) is 0.905. The lowest BCUT2D eigenvalue weighted by molar-refractivity contribution is -0.149. The van der Waals surface area contributed by atoms with E-state index >= 15 is 0 Å². The van der Waals surface area contributed by atoms with E-state index in [0.717, 1.165) is 43.4 Å². The van der Waals surface area contributed by atoms with Crippen LogP contribution in [-0.4, -0.2) is 37.6 Å². The predicted molar refractivity (Wildman–Crippen MR) is 101 cm³/mol. The topological polar surface area (TPSA) is 67.4 Å². The Morgan fingerprint density at radius 3 is 2.15 bits per heavy atom. The highest BCUT2D eigenvalue weighted by molar-refractivity contribution is 5.90. The van der Waals surface area contributed by atoms with Gasteiger partial charge >= 0.3 is 0 Å². The molecule has 0 aliphatic heterocycles. The minimum absolute atomic E-state index is 0.0606. The molecule has 0 saturated heterocycles. The molecule has 0 heterocycles. The van der Waals surface area contributed by atoms with Crippen LogP contribution < -0.4 is 10.6 Å². The number of hydrogen-bond donors (Lipinski definition) is 2. The maximum atomic E-state index is 13.2. The second-order valence-electron chi connectivity index (χ2n) is 9.23. The van der Waals surface area contributed by atoms with Gasteiger partial charge in [0.05, 0.1) is 0 Å². The summed E-state index contributed by atoms with van der Waals surface area (Å²) < 4.78 is 5.30. The first-order valence-electron chi connectivity index (χ1n) is 10.6. The van der Waals surface area contributed by atoms with Crippen molar-refractivity contribution in [2.24, 2.45) is 29.1 Å². The first kappa shape index (κ1) is 19.7. The summed E-state index contributed by atoms with van der Waals surface area (Å²) in [5.41, 5.74) is -0.197. The summed E-state index contributed by atoms with van der Waals surface area (Å²) in [5, 5.41) is 6.11. The molecule has 5 heteroatoms. The Morgan fingerprint density at radius 2 is 1.65 bits per heavy atom. The highest BCUT2D eigenvalue weighted by Gasteiger charge is 2.55. The fourth-order valence-electron chi connectivity index (χ4n) is 5.86. The van der Waals surface area contributed by atoms with Crippen LogP contribution in [-0.2, 0) is 14.3 Å². The molecule has 4 rings (SSSR count). The monoisotopic (exact) mass is 364 g/mol. The van der Waals surface area contributed by atoms with Gasteiger partial charge in [-0.2, -0.15) is 0 Å². The quantitative estimate of drug-likeness (QED) is 0.618. The molecule has 0 aromatic carbocycles. The first-order chi connectivity index (χ1) is 12.4. The van der Waals surface area contributed by atoms with E-state index in [-0.39, 0.29) is 23.1 Å². The molecule has 2 amide bonds. The van der Waals surface area contributed by atoms with Crippen LogP contribution in [0.4, 0.5) is 0 Å². The third-order valence-corrected chi connectivity index (χ3v) is 6.72. The van der Waals surface area contributed by atoms with E-state index in [1.807, 2.05) is 20.8 Å². The smallest absolute Gasteiger partial charge is 0.242 e. The van der Waals surface area contributed by atoms with Crippen molar-refractivity contribution in [3.63, 3.8) is 0 Å². The van der Waals surface area contributed by atoms with Crippen LogP contribution in [0.1, 0.15) is 65.7 Å². The molecule has 0 spiro atoms. The average Bonchev–Trinajstić information content (AvgIpc) is 2.57. The third kappa shape index (κ3) is 4.24. The number of hydrogen-bond acceptors (Lipinski definition) is 3. The van der Waals surface area contributed by atoms with Gasteiger partial charge in [-0.3, -0.25) is 9.59 Å². The summed E-state index contributed by atoms with van der Waals surface area (Å²) in [7, 11) is 0. The van der Waals surface area contributed by atoms with Crippen molar-refractivity contribution in [2.75, 3.05) is 19.8 Å². The number of amides is 2. The molecule has 4 aliphatic carbocycles. The van der Waals surface area contributed by atoms with Gasteiger partial charge in [-0.1, -0.05) is 13.8 Å². The van der Waals surface area contributed by atoms with E-state index < -0.39 is 6.04 Å². The molecule has 0 aromatic heterocycles. The van der Waals surface area contributed by atoms with Crippen LogP contribution in [0, 0.1) is 29.1 Å². The second-order valence-corrected chi connectivity index (χ2v) is 9.23. The van der Waals surface area contributed by atoms with Crippen molar-refractivity contribution in [3.05, 3.63) is 0 Å². The summed E-state index contributed by atoms with van der Waals surface area (Å²) >= 11 is 0. The molecule has 0 radical (unpaired) electrons. The van der Waals surface area contributed by atoms with Crippen LogP contribution in [0.5, 0.6) is 0 Å². The summed E-state index contributed by atoms with van der Waals surface area (Å²) in [6, 6.07) is -0.442. The maximum absolute atomic E-state index is 13.2. The number of rotatable bonds is 9. The van der Waals surface area contributed by atoms with Crippen LogP contribution in [0.2, 0.25) is 0 Å². The first-order valence-corrected chi connectivity index (χ1v) is 10.6. The SMILES string of the molecule is CCOCCCNC(=O)[C@H](NC(=O)C12CC3CC(CC(C3)C1)C2)C(C)C. The Bertz CT molecular complexity index is 482. The lowest BCUT2D eigenvalue weighted by Gasteiger charge is -2.55. The Balaban J connectivity index is 1.56. The van der Waals surface area contributed by atoms with Crippen molar-refractivity contribution in [1.82, 2.24) is 10.6 Å². The molecule has 4 bridgehead atoms. The zero-order valence-corrected chi connectivity index (χ0v) is 16.7. The Morgan fingerprint density at radius 1 is 1.08 bits per heavy atom. The normalized spacial score (nSPS) is 33.3. The summed E-state index contributed by atoms with van der Waals surface area (Å²) in [5.74, 6) is 2.36. The van der Waals surface area contributed by atoms with Gasteiger partial charge < -0.3 is 15.4 Å². The second kappa shape index (κ2) is 8.28. The van der Waals surface area contributed by atoms with Gasteiger partial charge in [0.2, 0.25) is 11.8 Å². The van der Waals surface area contributed by atoms with Crippen molar-refractivity contribution < 1.29 is 14.3 Å². The number of nitrogens with one attached hydrogen (secondary N) is 2. The molecule has 0 aromatic rings. The number of ether oxygens (including phenoxy) is 1. The van der Waals surface area contributed by atoms with Crippen molar-refractivity contribution in [1.29, 1.82) is 0 Å². The molecule has 0 unspecified atom stereocenters. The molecule has 5 nitrogen and oxygen atoms in total. The fourth-order valence-corrected chi connectivity index (χ4v) is 5.86. The Hall–Kier alpha value is -1.10. The van der Waals surface area contributed by atoms with E-state index in [0.29, 0.717) is 19.8 Å². The molecular weight excluding hydrogens is 328 g/mol. The Labute approximate surface area is 158 Å². The Kier molecular flexibility index (Phi) is 6.26. The molecule has 4 saturated carbocycles. The van der Waals surface area contributed by atoms with Crippen LogP contribution in [0.25, 0.3) is 0 Å². The molecular formula is C21H36N2O3. The average molecular weight is 365 g/mol. The van der Waals surface area contributed by atoms with Gasteiger partial charge in [-0.15, -0.1) is 0 Å². The van der Waals surface area contributed by atoms with Crippen LogP contribution in [0.15, 0.2) is 0 Å². The number of carbonyl (C=O) groups excluding carboxylic acids is 2. The van der Waals surface area contributed by atoms with Gasteiger partial charge in [0.25, 0.3) is 0 Å². The van der Waals surface area contributed by atoms with Crippen molar-refractivity contribution in [3.8, 4) is 0 Å². The van der Waals surface area contributed by atoms with Crippen molar-refractivity contribution in [2.45, 2.75) is 71.8 Å². The van der Waals surface area contributed by atoms with E-state index in [1.54, 1.807) is 0 Å². The van der Waals surface area contributed by atoms with E-state index in [9.17, 15) is 9.59 Å². The molecule has 1 atom stereocenters. The predicted octanol–water partition coefficient (Wildman–Crippen LogP) is 2.89. The molecule has 2 N–H and O–H groups in total.